The number of imidazole rings is 1. The summed E-state index contributed by atoms with van der Waals surface area (Å²) in [4.78, 5) is 14.2. The van der Waals surface area contributed by atoms with Gasteiger partial charge in [-0.25, -0.2) is 4.98 Å². The maximum absolute atomic E-state index is 6.29. The Morgan fingerprint density at radius 1 is 0.721 bits per heavy atom. The van der Waals surface area contributed by atoms with Crippen LogP contribution in [0.25, 0.3) is 0 Å². The monoisotopic (exact) mass is 643 g/mol. The number of benzene rings is 1. The van der Waals surface area contributed by atoms with E-state index in [2.05, 4.69) is 42.9 Å². The van der Waals surface area contributed by atoms with Crippen molar-refractivity contribution in [1.29, 1.82) is 0 Å². The molecule has 0 fully saturated rings. The number of hydrogen-bond acceptors (Lipinski definition) is 3. The summed E-state index contributed by atoms with van der Waals surface area (Å²) in [7, 11) is 0. The van der Waals surface area contributed by atoms with E-state index in [-0.39, 0.29) is 0 Å². The Balaban J connectivity index is 1.44. The fourth-order valence-corrected chi connectivity index (χ4v) is 7.62. The number of halogens is 2. The number of unbranched alkanes of at least 4 members (excludes halogenated alkanes) is 15. The van der Waals surface area contributed by atoms with Crippen LogP contribution in [0.4, 0.5) is 0 Å². The van der Waals surface area contributed by atoms with Gasteiger partial charge < -0.3 is 4.98 Å². The molecule has 1 N–H and O–H groups in total. The molecule has 0 amide bonds. The lowest BCUT2D eigenvalue weighted by Gasteiger charge is -2.15. The molecule has 3 rings (SSSR count). The zero-order valence-corrected chi connectivity index (χ0v) is 29.3. The van der Waals surface area contributed by atoms with Crippen molar-refractivity contribution in [3.8, 4) is 0 Å². The number of nitrogens with one attached hydrogen (secondary N) is 1. The van der Waals surface area contributed by atoms with Crippen LogP contribution in [0.15, 0.2) is 52.6 Å². The first-order chi connectivity index (χ1) is 21.0. The summed E-state index contributed by atoms with van der Waals surface area (Å²) < 4.78 is 0. The predicted octanol–water partition coefficient (Wildman–Crippen LogP) is 13.4. The van der Waals surface area contributed by atoms with Gasteiger partial charge in [0.15, 0.2) is 0 Å². The number of hydrogen-bond donors (Lipinski definition) is 1. The number of H-pyrrole nitrogens is 1. The van der Waals surface area contributed by atoms with Crippen LogP contribution in [0.2, 0.25) is 10.0 Å². The van der Waals surface area contributed by atoms with Crippen molar-refractivity contribution in [2.75, 3.05) is 0 Å². The highest BCUT2D eigenvalue weighted by Gasteiger charge is 2.21. The van der Waals surface area contributed by atoms with Crippen LogP contribution in [0.3, 0.4) is 0 Å². The summed E-state index contributed by atoms with van der Waals surface area (Å²) in [6, 6.07) is 9.96. The Morgan fingerprint density at radius 2 is 1.23 bits per heavy atom. The summed E-state index contributed by atoms with van der Waals surface area (Å²) in [5.41, 5.74) is 2.50. The maximum atomic E-state index is 6.29. The third-order valence-corrected chi connectivity index (χ3v) is 9.78. The van der Waals surface area contributed by atoms with Gasteiger partial charge in [0.05, 0.1) is 5.69 Å². The van der Waals surface area contributed by atoms with Gasteiger partial charge in [-0.2, -0.15) is 0 Å². The topological polar surface area (TPSA) is 41.6 Å². The van der Waals surface area contributed by atoms with Crippen LogP contribution in [-0.2, 0) is 6.42 Å². The van der Waals surface area contributed by atoms with E-state index in [0.717, 1.165) is 28.6 Å². The standard InChI is InChI=1S/C37H55Cl2N3S/c1-4-5-6-7-8-9-10-11-12-13-14-15-16-17-18-19-20-31(25-30-21-23-40-24-22-30)36-41-35(29(2)3)37(42-36)43-34-27-32(38)26-33(39)28-34/h21-24,26-29,31H,4-20,25H2,1-3H3,(H,41,42). The fraction of sp³-hybridized carbons (Fsp3) is 0.622. The summed E-state index contributed by atoms with van der Waals surface area (Å²) >= 11 is 14.2. The zero-order valence-electron chi connectivity index (χ0n) is 27.0. The number of nitrogens with zero attached hydrogens (tertiary/aromatic N) is 2. The largest absolute Gasteiger partial charge is 0.344 e. The van der Waals surface area contributed by atoms with E-state index in [4.69, 9.17) is 28.2 Å². The molecule has 0 saturated heterocycles. The van der Waals surface area contributed by atoms with Gasteiger partial charge in [0.1, 0.15) is 10.9 Å². The molecule has 3 nitrogen and oxygen atoms in total. The highest BCUT2D eigenvalue weighted by molar-refractivity contribution is 7.99. The van der Waals surface area contributed by atoms with Gasteiger partial charge >= 0.3 is 0 Å². The molecule has 0 aliphatic heterocycles. The minimum atomic E-state index is 0.343. The van der Waals surface area contributed by atoms with Crippen molar-refractivity contribution in [3.05, 3.63) is 69.9 Å². The molecule has 0 saturated carbocycles. The van der Waals surface area contributed by atoms with E-state index in [9.17, 15) is 0 Å². The minimum absolute atomic E-state index is 0.343. The first-order valence-electron chi connectivity index (χ1n) is 17.1. The average molecular weight is 645 g/mol. The third-order valence-electron chi connectivity index (χ3n) is 8.37. The third kappa shape index (κ3) is 14.4. The van der Waals surface area contributed by atoms with E-state index in [1.165, 1.54) is 114 Å². The lowest BCUT2D eigenvalue weighted by atomic mass is 9.93. The summed E-state index contributed by atoms with van der Waals surface area (Å²) in [5, 5.41) is 2.32. The van der Waals surface area contributed by atoms with Gasteiger partial charge in [0, 0.05) is 33.3 Å². The van der Waals surface area contributed by atoms with Gasteiger partial charge in [-0.3, -0.25) is 4.98 Å². The highest BCUT2D eigenvalue weighted by atomic mass is 35.5. The molecule has 1 atom stereocenters. The van der Waals surface area contributed by atoms with Crippen LogP contribution < -0.4 is 0 Å². The normalized spacial score (nSPS) is 12.3. The van der Waals surface area contributed by atoms with Gasteiger partial charge in [0.2, 0.25) is 0 Å². The smallest absolute Gasteiger partial charge is 0.122 e. The second-order valence-electron chi connectivity index (χ2n) is 12.6. The molecule has 2 aromatic heterocycles. The average Bonchev–Trinajstić information content (AvgIpc) is 3.40. The van der Waals surface area contributed by atoms with E-state index in [1.807, 2.05) is 24.5 Å². The molecule has 2 heterocycles. The van der Waals surface area contributed by atoms with Crippen LogP contribution in [0, 0.1) is 0 Å². The van der Waals surface area contributed by atoms with Crippen LogP contribution >= 0.6 is 35.0 Å². The summed E-state index contributed by atoms with van der Waals surface area (Å²) in [6.45, 7) is 6.74. The zero-order chi connectivity index (χ0) is 30.7. The van der Waals surface area contributed by atoms with Crippen LogP contribution in [0.1, 0.15) is 159 Å². The molecule has 1 aromatic carbocycles. The molecule has 0 spiro atoms. The second kappa shape index (κ2) is 21.3. The predicted molar refractivity (Wildman–Crippen MR) is 188 cm³/mol. The molecule has 1 unspecified atom stereocenters. The minimum Gasteiger partial charge on any atom is -0.344 e. The Bertz CT molecular complexity index is 1130. The molecule has 0 radical (unpaired) electrons. The lowest BCUT2D eigenvalue weighted by molar-refractivity contribution is 0.507. The van der Waals surface area contributed by atoms with Crippen molar-refractivity contribution in [1.82, 2.24) is 15.0 Å². The van der Waals surface area contributed by atoms with Crippen molar-refractivity contribution >= 4 is 35.0 Å². The molecule has 0 aliphatic carbocycles. The molecular weight excluding hydrogens is 589 g/mol. The van der Waals surface area contributed by atoms with E-state index in [1.54, 1.807) is 17.8 Å². The highest BCUT2D eigenvalue weighted by Crippen LogP contribution is 2.37. The summed E-state index contributed by atoms with van der Waals surface area (Å²) in [6.07, 6.45) is 28.2. The number of rotatable bonds is 23. The second-order valence-corrected chi connectivity index (χ2v) is 14.5. The van der Waals surface area contributed by atoms with Gasteiger partial charge in [0.25, 0.3) is 0 Å². The molecule has 3 aromatic rings. The molecular formula is C37H55Cl2N3S. The van der Waals surface area contributed by atoms with E-state index < -0.39 is 0 Å². The van der Waals surface area contributed by atoms with Gasteiger partial charge in [-0.1, -0.05) is 158 Å². The van der Waals surface area contributed by atoms with E-state index in [0.29, 0.717) is 21.9 Å². The summed E-state index contributed by atoms with van der Waals surface area (Å²) in [5.74, 6) is 1.79. The molecule has 43 heavy (non-hydrogen) atoms. The molecule has 6 heteroatoms. The number of aromatic nitrogens is 3. The Hall–Kier alpha value is -1.49. The first-order valence-corrected chi connectivity index (χ1v) is 18.7. The van der Waals surface area contributed by atoms with Gasteiger partial charge in [-0.15, -0.1) is 0 Å². The van der Waals surface area contributed by atoms with Crippen molar-refractivity contribution in [3.63, 3.8) is 0 Å². The fourth-order valence-electron chi connectivity index (χ4n) is 5.83. The quantitative estimate of drug-likeness (QED) is 0.104. The van der Waals surface area contributed by atoms with Gasteiger partial charge in [-0.05, 0) is 54.7 Å². The molecule has 0 aliphatic rings. The molecule has 238 valence electrons. The van der Waals surface area contributed by atoms with Crippen LogP contribution in [-0.4, -0.2) is 15.0 Å². The molecule has 0 bridgehead atoms. The van der Waals surface area contributed by atoms with E-state index >= 15 is 0 Å². The SMILES string of the molecule is CCCCCCCCCCCCCCCCCCC(Cc1ccncc1)c1nc(Sc2cc(Cl)cc(Cl)c2)c(C(C)C)[nH]1. The van der Waals surface area contributed by atoms with Crippen molar-refractivity contribution < 1.29 is 0 Å². The Labute approximate surface area is 276 Å². The maximum Gasteiger partial charge on any atom is 0.122 e. The first kappa shape index (κ1) is 36.0. The Morgan fingerprint density at radius 3 is 1.74 bits per heavy atom. The number of pyridine rings is 1. The van der Waals surface area contributed by atoms with Crippen molar-refractivity contribution in [2.45, 2.75) is 158 Å². The van der Waals surface area contributed by atoms with Crippen molar-refractivity contribution in [2.24, 2.45) is 0 Å². The Kier molecular flexibility index (Phi) is 17.8. The lowest BCUT2D eigenvalue weighted by Crippen LogP contribution is -2.06. The number of aromatic amines is 1. The van der Waals surface area contributed by atoms with Crippen LogP contribution in [0.5, 0.6) is 0 Å².